The average molecular weight is 495 g/mol. The SMILES string of the molecule is CC[C@@H](C)NC(=O)C(=O)N/N=C\c1ccc(OCC(=O)Nc2cccc(Cl)c2Cl)c(OC)c1. The number of ether oxygens (including phenoxy) is 2. The number of amides is 3. The van der Waals surface area contributed by atoms with Crippen LogP contribution >= 0.6 is 23.2 Å². The maximum atomic E-state index is 12.2. The molecule has 0 aromatic heterocycles. The Morgan fingerprint density at radius 1 is 1.12 bits per heavy atom. The van der Waals surface area contributed by atoms with Gasteiger partial charge in [-0.25, -0.2) is 5.43 Å². The average Bonchev–Trinajstić information content (AvgIpc) is 2.80. The van der Waals surface area contributed by atoms with Crippen molar-refractivity contribution in [2.24, 2.45) is 5.10 Å². The van der Waals surface area contributed by atoms with E-state index in [2.05, 4.69) is 21.2 Å². The summed E-state index contributed by atoms with van der Waals surface area (Å²) in [5.74, 6) is -1.41. The molecule has 0 aliphatic carbocycles. The van der Waals surface area contributed by atoms with E-state index in [4.69, 9.17) is 32.7 Å². The lowest BCUT2D eigenvalue weighted by molar-refractivity contribution is -0.139. The van der Waals surface area contributed by atoms with Crippen molar-refractivity contribution in [3.8, 4) is 11.5 Å². The number of nitrogens with one attached hydrogen (secondary N) is 3. The summed E-state index contributed by atoms with van der Waals surface area (Å²) in [5.41, 5.74) is 3.10. The van der Waals surface area contributed by atoms with Gasteiger partial charge in [-0.05, 0) is 49.2 Å². The van der Waals surface area contributed by atoms with Gasteiger partial charge in [0.25, 0.3) is 5.91 Å². The molecule has 3 amide bonds. The van der Waals surface area contributed by atoms with E-state index in [1.165, 1.54) is 13.3 Å². The molecule has 0 bridgehead atoms. The summed E-state index contributed by atoms with van der Waals surface area (Å²) >= 11 is 12.0. The molecule has 1 atom stereocenters. The van der Waals surface area contributed by atoms with Crippen molar-refractivity contribution < 1.29 is 23.9 Å². The Balaban J connectivity index is 1.94. The van der Waals surface area contributed by atoms with Gasteiger partial charge in [-0.1, -0.05) is 36.2 Å². The molecule has 2 aromatic carbocycles. The van der Waals surface area contributed by atoms with E-state index in [-0.39, 0.29) is 17.7 Å². The van der Waals surface area contributed by atoms with Crippen LogP contribution in [0.4, 0.5) is 5.69 Å². The third-order valence-electron chi connectivity index (χ3n) is 4.35. The fourth-order valence-electron chi connectivity index (χ4n) is 2.42. The van der Waals surface area contributed by atoms with E-state index < -0.39 is 17.7 Å². The van der Waals surface area contributed by atoms with Crippen molar-refractivity contribution in [1.82, 2.24) is 10.7 Å². The van der Waals surface area contributed by atoms with Crippen LogP contribution in [0.15, 0.2) is 41.5 Å². The van der Waals surface area contributed by atoms with Crippen LogP contribution < -0.4 is 25.5 Å². The highest BCUT2D eigenvalue weighted by Gasteiger charge is 2.14. The second-order valence-corrected chi connectivity index (χ2v) is 7.62. The predicted octanol–water partition coefficient (Wildman–Crippen LogP) is 3.38. The summed E-state index contributed by atoms with van der Waals surface area (Å²) in [6.45, 7) is 3.39. The Morgan fingerprint density at radius 3 is 2.58 bits per heavy atom. The van der Waals surface area contributed by atoms with E-state index in [1.54, 1.807) is 43.3 Å². The van der Waals surface area contributed by atoms with Gasteiger partial charge in [0.15, 0.2) is 18.1 Å². The largest absolute Gasteiger partial charge is 0.493 e. The van der Waals surface area contributed by atoms with Crippen LogP contribution in [-0.2, 0) is 14.4 Å². The number of hydrazone groups is 1. The quantitative estimate of drug-likeness (QED) is 0.280. The first-order chi connectivity index (χ1) is 15.7. The molecule has 0 heterocycles. The Labute approximate surface area is 201 Å². The van der Waals surface area contributed by atoms with Crippen molar-refractivity contribution in [3.63, 3.8) is 0 Å². The third kappa shape index (κ3) is 7.96. The number of hydrogen-bond acceptors (Lipinski definition) is 6. The molecule has 11 heteroatoms. The van der Waals surface area contributed by atoms with E-state index >= 15 is 0 Å². The number of halogens is 2. The van der Waals surface area contributed by atoms with Gasteiger partial charge in [0.2, 0.25) is 0 Å². The second-order valence-electron chi connectivity index (χ2n) is 6.83. The number of carbonyl (C=O) groups excluding carboxylic acids is 3. The van der Waals surface area contributed by atoms with Crippen LogP contribution in [0.3, 0.4) is 0 Å². The number of nitrogens with zero attached hydrogens (tertiary/aromatic N) is 1. The van der Waals surface area contributed by atoms with Crippen molar-refractivity contribution in [2.45, 2.75) is 26.3 Å². The molecule has 0 unspecified atom stereocenters. The molecule has 9 nitrogen and oxygen atoms in total. The van der Waals surface area contributed by atoms with Gasteiger partial charge >= 0.3 is 11.8 Å². The summed E-state index contributed by atoms with van der Waals surface area (Å²) in [6.07, 6.45) is 2.04. The first-order valence-electron chi connectivity index (χ1n) is 9.93. The molecule has 0 saturated heterocycles. The summed E-state index contributed by atoms with van der Waals surface area (Å²) in [7, 11) is 1.44. The maximum absolute atomic E-state index is 12.2. The van der Waals surface area contributed by atoms with Crippen LogP contribution in [0.2, 0.25) is 10.0 Å². The predicted molar refractivity (Wildman–Crippen MR) is 127 cm³/mol. The van der Waals surface area contributed by atoms with Crippen molar-refractivity contribution >= 4 is 52.8 Å². The summed E-state index contributed by atoms with van der Waals surface area (Å²) in [6, 6.07) is 9.58. The number of benzene rings is 2. The van der Waals surface area contributed by atoms with Crippen LogP contribution in [0.1, 0.15) is 25.8 Å². The van der Waals surface area contributed by atoms with Crippen LogP contribution in [0.25, 0.3) is 0 Å². The van der Waals surface area contributed by atoms with Gasteiger partial charge in [-0.15, -0.1) is 0 Å². The van der Waals surface area contributed by atoms with Gasteiger partial charge in [0.1, 0.15) is 0 Å². The van der Waals surface area contributed by atoms with Gasteiger partial charge in [0.05, 0.1) is 29.1 Å². The molecule has 33 heavy (non-hydrogen) atoms. The monoisotopic (exact) mass is 494 g/mol. The smallest absolute Gasteiger partial charge is 0.329 e. The van der Waals surface area contributed by atoms with E-state index in [0.717, 1.165) is 0 Å². The minimum Gasteiger partial charge on any atom is -0.493 e. The Morgan fingerprint density at radius 2 is 1.88 bits per heavy atom. The highest BCUT2D eigenvalue weighted by molar-refractivity contribution is 6.44. The zero-order valence-electron chi connectivity index (χ0n) is 18.3. The molecule has 3 N–H and O–H groups in total. The second kappa shape index (κ2) is 12.7. The van der Waals surface area contributed by atoms with Crippen LogP contribution in [0.5, 0.6) is 11.5 Å². The van der Waals surface area contributed by atoms with Crippen molar-refractivity contribution in [1.29, 1.82) is 0 Å². The Hall–Kier alpha value is -3.30. The van der Waals surface area contributed by atoms with Gasteiger partial charge in [0, 0.05) is 6.04 Å². The first-order valence-corrected chi connectivity index (χ1v) is 10.7. The fraction of sp³-hybridized carbons (Fsp3) is 0.273. The van der Waals surface area contributed by atoms with Crippen LogP contribution in [-0.4, -0.2) is 43.7 Å². The zero-order valence-corrected chi connectivity index (χ0v) is 19.8. The molecular formula is C22H24Cl2N4O5. The zero-order chi connectivity index (χ0) is 24.4. The molecule has 2 rings (SSSR count). The normalized spacial score (nSPS) is 11.5. The van der Waals surface area contributed by atoms with E-state index in [1.807, 2.05) is 6.92 Å². The number of methoxy groups -OCH3 is 1. The number of rotatable bonds is 9. The molecule has 2 aromatic rings. The standard InChI is InChI=1S/C22H24Cl2N4O5/c1-4-13(2)26-21(30)22(31)28-25-11-14-8-9-17(18(10-14)32-3)33-12-19(29)27-16-7-5-6-15(23)20(16)24/h5-11,13H,4,12H2,1-3H3,(H,26,30)(H,27,29)(H,28,31)/b25-11-/t13-/m1/s1. The van der Waals surface area contributed by atoms with Gasteiger partial charge < -0.3 is 20.1 Å². The lowest BCUT2D eigenvalue weighted by Crippen LogP contribution is -2.41. The fourth-order valence-corrected chi connectivity index (χ4v) is 2.77. The highest BCUT2D eigenvalue weighted by Crippen LogP contribution is 2.30. The lowest BCUT2D eigenvalue weighted by atomic mass is 10.2. The Bertz CT molecular complexity index is 1050. The van der Waals surface area contributed by atoms with Gasteiger partial charge in [-0.3, -0.25) is 14.4 Å². The molecule has 176 valence electrons. The highest BCUT2D eigenvalue weighted by atomic mass is 35.5. The molecule has 0 fully saturated rings. The molecular weight excluding hydrogens is 471 g/mol. The number of hydrogen-bond donors (Lipinski definition) is 3. The van der Waals surface area contributed by atoms with Crippen molar-refractivity contribution in [3.05, 3.63) is 52.0 Å². The first kappa shape index (κ1) is 26.0. The topological polar surface area (TPSA) is 118 Å². The van der Waals surface area contributed by atoms with E-state index in [0.29, 0.717) is 34.2 Å². The van der Waals surface area contributed by atoms with E-state index in [9.17, 15) is 14.4 Å². The maximum Gasteiger partial charge on any atom is 0.329 e. The van der Waals surface area contributed by atoms with Gasteiger partial charge in [-0.2, -0.15) is 5.10 Å². The summed E-state index contributed by atoms with van der Waals surface area (Å²) in [5, 5.41) is 9.48. The molecule has 0 radical (unpaired) electrons. The Kier molecular flexibility index (Phi) is 9.96. The number of carbonyl (C=O) groups is 3. The summed E-state index contributed by atoms with van der Waals surface area (Å²) in [4.78, 5) is 35.6. The third-order valence-corrected chi connectivity index (χ3v) is 5.17. The van der Waals surface area contributed by atoms with Crippen LogP contribution in [0, 0.1) is 0 Å². The molecule has 0 saturated carbocycles. The van der Waals surface area contributed by atoms with Crippen molar-refractivity contribution in [2.75, 3.05) is 19.0 Å². The summed E-state index contributed by atoms with van der Waals surface area (Å²) < 4.78 is 10.8. The lowest BCUT2D eigenvalue weighted by Gasteiger charge is -2.12. The minimum atomic E-state index is -0.871. The molecule has 0 spiro atoms. The minimum absolute atomic E-state index is 0.117. The number of anilines is 1. The molecule has 0 aliphatic heterocycles. The molecule has 0 aliphatic rings.